The van der Waals surface area contributed by atoms with E-state index in [-0.39, 0.29) is 31.7 Å². The first-order valence-corrected chi connectivity index (χ1v) is 16.8. The molecule has 2 bridgehead atoms. The van der Waals surface area contributed by atoms with Crippen molar-refractivity contribution in [2.75, 3.05) is 44.7 Å². The highest BCUT2D eigenvalue weighted by atomic mass is 35.5. The van der Waals surface area contributed by atoms with E-state index in [1.165, 1.54) is 24.2 Å². The van der Waals surface area contributed by atoms with Gasteiger partial charge < -0.3 is 24.8 Å². The van der Waals surface area contributed by atoms with Gasteiger partial charge in [-0.05, 0) is 72.2 Å². The third-order valence-corrected chi connectivity index (χ3v) is 8.29. The molecule has 0 saturated carbocycles. The number of rotatable bonds is 11. The smallest absolute Gasteiger partial charge is 0.411 e. The molecular weight excluding hydrogens is 680 g/mol. The Kier molecular flexibility index (Phi) is 12.9. The van der Waals surface area contributed by atoms with Crippen molar-refractivity contribution in [3.05, 3.63) is 83.4 Å². The lowest BCUT2D eigenvalue weighted by Crippen LogP contribution is -2.47. The van der Waals surface area contributed by atoms with Gasteiger partial charge in [0.05, 0.1) is 18.9 Å². The summed E-state index contributed by atoms with van der Waals surface area (Å²) in [4.78, 5) is 44.7. The number of benzene rings is 2. The lowest BCUT2D eigenvalue weighted by molar-refractivity contribution is -0.891. The number of pyridine rings is 1. The van der Waals surface area contributed by atoms with Crippen LogP contribution in [0.2, 0.25) is 5.02 Å². The van der Waals surface area contributed by atoms with Crippen molar-refractivity contribution in [2.24, 2.45) is 0 Å². The molecule has 0 aliphatic carbocycles. The summed E-state index contributed by atoms with van der Waals surface area (Å²) in [7, 11) is 3.07. The number of nitrogens with one attached hydrogen (secondary N) is 3. The minimum absolute atomic E-state index is 0.0958. The van der Waals surface area contributed by atoms with Gasteiger partial charge in [-0.3, -0.25) is 14.9 Å². The van der Waals surface area contributed by atoms with Crippen LogP contribution in [0.4, 0.5) is 16.2 Å². The van der Waals surface area contributed by atoms with Crippen molar-refractivity contribution in [3.63, 3.8) is 0 Å². The number of carbonyl (C=O) groups is 3. The molecule has 0 fully saturated rings. The van der Waals surface area contributed by atoms with E-state index >= 15 is 0 Å². The molecule has 1 aliphatic heterocycles. The van der Waals surface area contributed by atoms with Crippen LogP contribution in [0.1, 0.15) is 49.9 Å². The molecule has 268 valence electrons. The third-order valence-electron chi connectivity index (χ3n) is 8.05. The second-order valence-electron chi connectivity index (χ2n) is 11.4. The van der Waals surface area contributed by atoms with Gasteiger partial charge >= 0.3 is 12.1 Å². The van der Waals surface area contributed by atoms with Crippen molar-refractivity contribution < 1.29 is 38.2 Å². The number of tetrazole rings is 1. The molecule has 16 heteroatoms. The maximum atomic E-state index is 13.5. The third kappa shape index (κ3) is 9.80. The second kappa shape index (κ2) is 17.9. The number of hydrogen-bond donors (Lipinski definition) is 3. The Labute approximate surface area is 299 Å². The normalized spacial score (nSPS) is 15.8. The Bertz CT molecular complexity index is 1850. The predicted octanol–water partition coefficient (Wildman–Crippen LogP) is 4.31. The Morgan fingerprint density at radius 3 is 2.67 bits per heavy atom. The molecule has 2 aromatic heterocycles. The number of esters is 1. The summed E-state index contributed by atoms with van der Waals surface area (Å²) in [5, 5.41) is 21.1. The summed E-state index contributed by atoms with van der Waals surface area (Å²) < 4.78 is 18.6. The van der Waals surface area contributed by atoms with E-state index < -0.39 is 18.2 Å². The molecule has 3 heterocycles. The predicted molar refractivity (Wildman–Crippen MR) is 188 cm³/mol. The molecule has 2 atom stereocenters. The van der Waals surface area contributed by atoms with Gasteiger partial charge in [0.1, 0.15) is 32.1 Å². The summed E-state index contributed by atoms with van der Waals surface area (Å²) in [6, 6.07) is 13.2. The fourth-order valence-corrected chi connectivity index (χ4v) is 5.83. The van der Waals surface area contributed by atoms with Crippen molar-refractivity contribution in [2.45, 2.75) is 44.7 Å². The zero-order valence-corrected chi connectivity index (χ0v) is 29.3. The van der Waals surface area contributed by atoms with Crippen molar-refractivity contribution in [1.82, 2.24) is 25.5 Å². The van der Waals surface area contributed by atoms with Crippen LogP contribution < -0.4 is 25.5 Å². The van der Waals surface area contributed by atoms with Crippen LogP contribution >= 0.6 is 11.6 Å². The molecule has 0 unspecified atom stereocenters. The van der Waals surface area contributed by atoms with Crippen LogP contribution in [-0.4, -0.2) is 78.3 Å². The van der Waals surface area contributed by atoms with Crippen LogP contribution in [0.25, 0.3) is 22.9 Å². The molecule has 51 heavy (non-hydrogen) atoms. The lowest BCUT2D eigenvalue weighted by Gasteiger charge is -2.23. The van der Waals surface area contributed by atoms with Gasteiger partial charge in [-0.25, -0.2) is 9.59 Å². The number of nitrogens with zero attached hydrogens (tertiary/aromatic N) is 5. The Morgan fingerprint density at radius 1 is 1.06 bits per heavy atom. The van der Waals surface area contributed by atoms with Crippen molar-refractivity contribution in [3.8, 4) is 16.8 Å². The zero-order valence-electron chi connectivity index (χ0n) is 28.5. The molecule has 0 spiro atoms. The molecule has 0 saturated heterocycles. The van der Waals surface area contributed by atoms with Crippen LogP contribution in [-0.2, 0) is 23.8 Å². The number of fused-ring (bicyclic) bond motifs is 4. The number of methoxy groups -OCH3 is 1. The minimum atomic E-state index is -0.665. The van der Waals surface area contributed by atoms with Gasteiger partial charge in [-0.15, -0.1) is 5.10 Å². The summed E-state index contributed by atoms with van der Waals surface area (Å²) >= 11 is 6.27. The highest BCUT2D eigenvalue weighted by Gasteiger charge is 2.29. The first-order valence-electron chi connectivity index (χ1n) is 16.4. The van der Waals surface area contributed by atoms with E-state index in [0.717, 1.165) is 11.1 Å². The number of halogens is 1. The van der Waals surface area contributed by atoms with Crippen molar-refractivity contribution >= 4 is 47.0 Å². The Morgan fingerprint density at radius 2 is 1.90 bits per heavy atom. The van der Waals surface area contributed by atoms with Gasteiger partial charge in [-0.1, -0.05) is 30.5 Å². The molecule has 1 aliphatic rings. The zero-order chi connectivity index (χ0) is 36.2. The van der Waals surface area contributed by atoms with E-state index in [9.17, 15) is 14.4 Å². The number of amides is 2. The Balaban J connectivity index is 1.48. The topological polar surface area (TPSA) is 172 Å². The average molecular weight is 720 g/mol. The largest absolute Gasteiger partial charge is 0.464 e. The molecule has 2 amide bonds. The van der Waals surface area contributed by atoms with Gasteiger partial charge in [0, 0.05) is 57.6 Å². The van der Waals surface area contributed by atoms with E-state index in [2.05, 4.69) is 31.5 Å². The molecule has 4 aromatic rings. The standard InChI is InChI=1S/C35H39ClN8O7/c1-4-50-34(46)29-8-6-5-7-28(40-33(45)14-9-24-19-25(36)10-13-31(24)43-22-37-41-42-43)32-20-23(15-16-44(32)49-3)27-12-11-26(21-30(27)39-29)38-35(47)51-18-17-48-2/h9-16,19-22,28-29H,4-8,17-18H2,1-3H3,(H2,38,39,40,45,47)/p+1/b14-9+,27-23?/t28-,29+/m0/s1. The monoisotopic (exact) mass is 719 g/mol. The number of ether oxygens (including phenoxy) is 3. The van der Waals surface area contributed by atoms with E-state index in [1.807, 2.05) is 18.2 Å². The minimum Gasteiger partial charge on any atom is -0.464 e. The molecule has 2 aromatic carbocycles. The lowest BCUT2D eigenvalue weighted by atomic mass is 9.96. The highest BCUT2D eigenvalue weighted by Crippen LogP contribution is 2.34. The first-order chi connectivity index (χ1) is 24.8. The van der Waals surface area contributed by atoms with Crippen LogP contribution in [0.15, 0.2) is 67.1 Å². The maximum absolute atomic E-state index is 13.5. The van der Waals surface area contributed by atoms with Crippen LogP contribution in [0.5, 0.6) is 0 Å². The summed E-state index contributed by atoms with van der Waals surface area (Å²) in [6.07, 6.45) is 7.99. The summed E-state index contributed by atoms with van der Waals surface area (Å²) in [6.45, 7) is 2.35. The highest BCUT2D eigenvalue weighted by molar-refractivity contribution is 6.30. The van der Waals surface area contributed by atoms with E-state index in [0.29, 0.717) is 59.0 Å². The second-order valence-corrected chi connectivity index (χ2v) is 11.9. The quantitative estimate of drug-likeness (QED) is 0.0873. The van der Waals surface area contributed by atoms with Crippen molar-refractivity contribution in [1.29, 1.82) is 0 Å². The number of aromatic nitrogens is 5. The summed E-state index contributed by atoms with van der Waals surface area (Å²) in [5.74, 6) is -0.733. The van der Waals surface area contributed by atoms with Gasteiger partial charge in [-0.2, -0.15) is 4.68 Å². The van der Waals surface area contributed by atoms with Crippen LogP contribution in [0.3, 0.4) is 0 Å². The molecular formula is C35H40ClN8O7+. The van der Waals surface area contributed by atoms with Gasteiger partial charge in [0.2, 0.25) is 12.1 Å². The van der Waals surface area contributed by atoms with E-state index in [4.69, 9.17) is 30.6 Å². The maximum Gasteiger partial charge on any atom is 0.411 e. The average Bonchev–Trinajstić information content (AvgIpc) is 3.66. The Hall–Kier alpha value is -5.54. The number of carbonyl (C=O) groups excluding carboxylic acids is 3. The van der Waals surface area contributed by atoms with Gasteiger partial charge in [0.25, 0.3) is 5.69 Å². The molecule has 15 nitrogen and oxygen atoms in total. The number of hydrogen-bond acceptors (Lipinski definition) is 11. The summed E-state index contributed by atoms with van der Waals surface area (Å²) in [5.41, 5.74) is 4.56. The number of anilines is 2. The first kappa shape index (κ1) is 36.7. The fourth-order valence-electron chi connectivity index (χ4n) is 5.65. The molecule has 3 N–H and O–H groups in total. The van der Waals surface area contributed by atoms with E-state index in [1.54, 1.807) is 61.4 Å². The molecule has 0 radical (unpaired) electrons. The van der Waals surface area contributed by atoms with Gasteiger partial charge in [0.15, 0.2) is 0 Å². The SMILES string of the molecule is CCOC(=O)[C@H]1CCCC[C@H](NC(=O)/C=C/c2cc(Cl)ccc2-n2cnnn2)c2cc(cc[n+]2OC)-c2ccc(NC(=O)OCCOC)cc2N1. The van der Waals surface area contributed by atoms with Crippen LogP contribution in [0, 0.1) is 0 Å². The fraction of sp³-hybridized carbons (Fsp3) is 0.343. The molecule has 5 rings (SSSR count).